The van der Waals surface area contributed by atoms with Gasteiger partial charge < -0.3 is 5.11 Å². The van der Waals surface area contributed by atoms with Gasteiger partial charge in [0.25, 0.3) is 0 Å². The topological polar surface area (TPSA) is 92.4 Å². The molecule has 4 rings (SSSR count). The van der Waals surface area contributed by atoms with Crippen molar-refractivity contribution in [3.05, 3.63) is 74.9 Å². The maximum atomic E-state index is 11.3. The minimum Gasteiger partial charge on any atom is -0.465 e. The van der Waals surface area contributed by atoms with Crippen LogP contribution in [0.3, 0.4) is 0 Å². The molecule has 1 aliphatic rings. The molecule has 0 spiro atoms. The van der Waals surface area contributed by atoms with Crippen LogP contribution in [-0.2, 0) is 0 Å². The number of hydrogen-bond donors (Lipinski definition) is 2. The largest absolute Gasteiger partial charge is 0.465 e. The van der Waals surface area contributed by atoms with Crippen molar-refractivity contribution in [3.63, 3.8) is 0 Å². The van der Waals surface area contributed by atoms with Crippen LogP contribution in [0, 0.1) is 10.5 Å². The molecular formula is C18H14IN5O2. The first-order valence-corrected chi connectivity index (χ1v) is 8.97. The normalized spacial score (nSPS) is 15.5. The lowest BCUT2D eigenvalue weighted by Crippen LogP contribution is -2.27. The number of benzene rings is 2. The lowest BCUT2D eigenvalue weighted by molar-refractivity contribution is 0.189. The molecule has 0 saturated carbocycles. The number of nitrogens with zero attached hydrogens (tertiary/aromatic N) is 4. The van der Waals surface area contributed by atoms with E-state index in [0.29, 0.717) is 17.4 Å². The molecule has 0 saturated heterocycles. The molecular weight excluding hydrogens is 445 g/mol. The number of carboxylic acid groups (broad SMARTS) is 1. The number of carbonyl (C=O) groups is 1. The van der Waals surface area contributed by atoms with Crippen LogP contribution in [0.5, 0.6) is 0 Å². The highest BCUT2D eigenvalue weighted by Crippen LogP contribution is 2.30. The minimum absolute atomic E-state index is 0.443. The first-order chi connectivity index (χ1) is 12.5. The van der Waals surface area contributed by atoms with E-state index < -0.39 is 12.3 Å². The van der Waals surface area contributed by atoms with Crippen molar-refractivity contribution in [2.45, 2.75) is 13.1 Å². The standard InChI is InChI=1S/C18H14IN5O2/c1-10-22-23-17-16(21-18(25)26)20-15(11-5-3-2-4-6-11)13-9-12(19)7-8-14(13)24(10)17/h2-9,16,21H,1H3,(H,25,26). The van der Waals surface area contributed by atoms with E-state index in [2.05, 4.69) is 38.1 Å². The molecule has 0 aliphatic carbocycles. The Kier molecular flexibility index (Phi) is 4.19. The number of rotatable bonds is 2. The third-order valence-corrected chi connectivity index (χ3v) is 4.79. The average Bonchev–Trinajstić information content (AvgIpc) is 2.94. The van der Waals surface area contributed by atoms with E-state index in [1.807, 2.05) is 60.0 Å². The molecule has 2 N–H and O–H groups in total. The predicted octanol–water partition coefficient (Wildman–Crippen LogP) is 3.30. The first-order valence-electron chi connectivity index (χ1n) is 7.89. The Morgan fingerprint density at radius 2 is 1.96 bits per heavy atom. The molecule has 1 atom stereocenters. The monoisotopic (exact) mass is 459 g/mol. The summed E-state index contributed by atoms with van der Waals surface area (Å²) in [5.41, 5.74) is 3.40. The number of aromatic nitrogens is 3. The third-order valence-electron chi connectivity index (χ3n) is 4.11. The maximum absolute atomic E-state index is 11.3. The van der Waals surface area contributed by atoms with E-state index >= 15 is 0 Å². The number of nitrogens with one attached hydrogen (secondary N) is 1. The van der Waals surface area contributed by atoms with Gasteiger partial charge in [-0.1, -0.05) is 30.3 Å². The predicted molar refractivity (Wildman–Crippen MR) is 105 cm³/mol. The fourth-order valence-corrected chi connectivity index (χ4v) is 3.53. The number of aryl methyl sites for hydroxylation is 1. The minimum atomic E-state index is -1.17. The van der Waals surface area contributed by atoms with Gasteiger partial charge in [-0.25, -0.2) is 4.79 Å². The highest BCUT2D eigenvalue weighted by atomic mass is 127. The molecule has 2 aromatic carbocycles. The fourth-order valence-electron chi connectivity index (χ4n) is 3.04. The highest BCUT2D eigenvalue weighted by Gasteiger charge is 2.29. The summed E-state index contributed by atoms with van der Waals surface area (Å²) < 4.78 is 2.91. The molecule has 1 aromatic heterocycles. The number of halogens is 1. The molecule has 1 amide bonds. The maximum Gasteiger partial charge on any atom is 0.406 e. The zero-order chi connectivity index (χ0) is 18.3. The van der Waals surface area contributed by atoms with E-state index in [9.17, 15) is 9.90 Å². The Bertz CT molecular complexity index is 1030. The van der Waals surface area contributed by atoms with Gasteiger partial charge in [0.2, 0.25) is 0 Å². The SMILES string of the molecule is Cc1nnc2n1-c1ccc(I)cc1C(c1ccccc1)=NC2NC(=O)O. The van der Waals surface area contributed by atoms with Gasteiger partial charge in [-0.3, -0.25) is 14.9 Å². The van der Waals surface area contributed by atoms with Gasteiger partial charge >= 0.3 is 6.09 Å². The Labute approximate surface area is 162 Å². The molecule has 130 valence electrons. The van der Waals surface area contributed by atoms with Crippen molar-refractivity contribution >= 4 is 34.4 Å². The van der Waals surface area contributed by atoms with E-state index in [0.717, 1.165) is 20.4 Å². The summed E-state index contributed by atoms with van der Waals surface area (Å²) in [6.45, 7) is 1.84. The highest BCUT2D eigenvalue weighted by molar-refractivity contribution is 14.1. The molecule has 8 heteroatoms. The molecule has 1 aliphatic heterocycles. The summed E-state index contributed by atoms with van der Waals surface area (Å²) in [5, 5.41) is 20.0. The zero-order valence-corrected chi connectivity index (χ0v) is 15.9. The Hall–Kier alpha value is -2.75. The van der Waals surface area contributed by atoms with Crippen LogP contribution in [0.2, 0.25) is 0 Å². The van der Waals surface area contributed by atoms with Crippen LogP contribution >= 0.6 is 22.6 Å². The van der Waals surface area contributed by atoms with Crippen molar-refractivity contribution in [3.8, 4) is 5.69 Å². The number of amides is 1. The summed E-state index contributed by atoms with van der Waals surface area (Å²) in [5.74, 6) is 1.11. The second-order valence-electron chi connectivity index (χ2n) is 5.80. The third kappa shape index (κ3) is 2.85. The van der Waals surface area contributed by atoms with Gasteiger partial charge in [-0.15, -0.1) is 10.2 Å². The van der Waals surface area contributed by atoms with Crippen molar-refractivity contribution < 1.29 is 9.90 Å². The Morgan fingerprint density at radius 1 is 1.19 bits per heavy atom. The molecule has 26 heavy (non-hydrogen) atoms. The molecule has 1 unspecified atom stereocenters. The molecule has 7 nitrogen and oxygen atoms in total. The van der Waals surface area contributed by atoms with Crippen LogP contribution < -0.4 is 5.32 Å². The zero-order valence-electron chi connectivity index (χ0n) is 13.7. The van der Waals surface area contributed by atoms with Crippen molar-refractivity contribution in [1.82, 2.24) is 20.1 Å². The number of fused-ring (bicyclic) bond motifs is 3. The average molecular weight is 459 g/mol. The first kappa shape index (κ1) is 16.7. The fraction of sp³-hybridized carbons (Fsp3) is 0.111. The molecule has 2 heterocycles. The van der Waals surface area contributed by atoms with Gasteiger partial charge in [0, 0.05) is 14.7 Å². The van der Waals surface area contributed by atoms with Gasteiger partial charge in [-0.05, 0) is 47.7 Å². The van der Waals surface area contributed by atoms with Crippen LogP contribution in [0.25, 0.3) is 5.69 Å². The van der Waals surface area contributed by atoms with Crippen LogP contribution in [-0.4, -0.2) is 31.7 Å². The number of hydrogen-bond acceptors (Lipinski definition) is 4. The lowest BCUT2D eigenvalue weighted by Gasteiger charge is -2.13. The Morgan fingerprint density at radius 3 is 2.69 bits per heavy atom. The van der Waals surface area contributed by atoms with Gasteiger partial charge in [0.05, 0.1) is 11.4 Å². The van der Waals surface area contributed by atoms with E-state index in [-0.39, 0.29) is 0 Å². The smallest absolute Gasteiger partial charge is 0.406 e. The second-order valence-corrected chi connectivity index (χ2v) is 7.04. The van der Waals surface area contributed by atoms with Crippen LogP contribution in [0.1, 0.15) is 28.9 Å². The molecule has 0 fully saturated rings. The quantitative estimate of drug-likeness (QED) is 0.576. The lowest BCUT2D eigenvalue weighted by atomic mass is 10.0. The van der Waals surface area contributed by atoms with Gasteiger partial charge in [0.1, 0.15) is 5.82 Å². The second kappa shape index (κ2) is 6.52. The summed E-state index contributed by atoms with van der Waals surface area (Å²) in [6, 6.07) is 15.7. The van der Waals surface area contributed by atoms with E-state index in [4.69, 9.17) is 4.99 Å². The van der Waals surface area contributed by atoms with Crippen molar-refractivity contribution in [2.75, 3.05) is 0 Å². The molecule has 3 aromatic rings. The van der Waals surface area contributed by atoms with Gasteiger partial charge in [-0.2, -0.15) is 0 Å². The Balaban J connectivity index is 2.04. The van der Waals surface area contributed by atoms with E-state index in [1.54, 1.807) is 0 Å². The molecule has 0 bridgehead atoms. The molecule has 0 radical (unpaired) electrons. The summed E-state index contributed by atoms with van der Waals surface area (Å²) >= 11 is 2.25. The van der Waals surface area contributed by atoms with E-state index in [1.165, 1.54) is 0 Å². The van der Waals surface area contributed by atoms with Crippen LogP contribution in [0.4, 0.5) is 4.79 Å². The summed E-state index contributed by atoms with van der Waals surface area (Å²) in [7, 11) is 0. The summed E-state index contributed by atoms with van der Waals surface area (Å²) in [4.78, 5) is 16.0. The van der Waals surface area contributed by atoms with Crippen LogP contribution in [0.15, 0.2) is 53.5 Å². The summed E-state index contributed by atoms with van der Waals surface area (Å²) in [6.07, 6.45) is -2.02. The van der Waals surface area contributed by atoms with Gasteiger partial charge in [0.15, 0.2) is 12.0 Å². The van der Waals surface area contributed by atoms with Crippen molar-refractivity contribution in [1.29, 1.82) is 0 Å². The van der Waals surface area contributed by atoms with Crippen molar-refractivity contribution in [2.24, 2.45) is 4.99 Å². The number of aliphatic imine (C=N–C) groups is 1.